The Kier molecular flexibility index (Phi) is 6.48. The Bertz CT molecular complexity index is 1030. The summed E-state index contributed by atoms with van der Waals surface area (Å²) in [6, 6.07) is 11.7. The van der Waals surface area contributed by atoms with E-state index in [-0.39, 0.29) is 30.2 Å². The molecule has 30 heavy (non-hydrogen) atoms. The van der Waals surface area contributed by atoms with E-state index in [1.165, 1.54) is 30.3 Å². The van der Waals surface area contributed by atoms with Gasteiger partial charge in [-0.3, -0.25) is 14.9 Å². The Morgan fingerprint density at radius 2 is 1.80 bits per heavy atom. The third-order valence-electron chi connectivity index (χ3n) is 4.06. The average molecular weight is 429 g/mol. The fourth-order valence-corrected chi connectivity index (χ4v) is 2.83. The number of rotatable bonds is 6. The molecule has 1 aliphatic rings. The number of hydrogen-bond acceptors (Lipinski definition) is 6. The van der Waals surface area contributed by atoms with Crippen molar-refractivity contribution in [2.75, 3.05) is 18.1 Å². The molecule has 1 saturated heterocycles. The molecule has 1 aliphatic heterocycles. The number of halogens is 1. The standard InChI is InChI=1S/C21H17ClN2O6/c1-2-29-18(25)12-30-17-6-4-3-5-13(17)11-16-19(26)23-21(28)24(20(16)27)15-9-7-14(22)8-10-15/h3-11H,2,12H2,1H3,(H,23,26,28)/b16-11+. The van der Waals surface area contributed by atoms with Gasteiger partial charge in [0.2, 0.25) is 0 Å². The number of urea groups is 1. The smallest absolute Gasteiger partial charge is 0.344 e. The van der Waals surface area contributed by atoms with Gasteiger partial charge in [0.05, 0.1) is 12.3 Å². The van der Waals surface area contributed by atoms with E-state index in [9.17, 15) is 19.2 Å². The summed E-state index contributed by atoms with van der Waals surface area (Å²) in [5.41, 5.74) is 0.370. The minimum Gasteiger partial charge on any atom is -0.481 e. The molecule has 2 aromatic carbocycles. The molecular weight excluding hydrogens is 412 g/mol. The fourth-order valence-electron chi connectivity index (χ4n) is 2.71. The van der Waals surface area contributed by atoms with Gasteiger partial charge < -0.3 is 9.47 Å². The topological polar surface area (TPSA) is 102 Å². The number of para-hydroxylation sites is 1. The molecule has 9 heteroatoms. The molecule has 0 atom stereocenters. The molecule has 3 rings (SSSR count). The quantitative estimate of drug-likeness (QED) is 0.431. The van der Waals surface area contributed by atoms with Crippen molar-refractivity contribution >= 4 is 47.2 Å². The molecule has 0 bridgehead atoms. The molecule has 0 spiro atoms. The van der Waals surface area contributed by atoms with Gasteiger partial charge in [-0.05, 0) is 43.3 Å². The summed E-state index contributed by atoms with van der Waals surface area (Å²) in [7, 11) is 0. The van der Waals surface area contributed by atoms with E-state index in [0.717, 1.165) is 4.90 Å². The van der Waals surface area contributed by atoms with Gasteiger partial charge in [0.25, 0.3) is 11.8 Å². The third kappa shape index (κ3) is 4.66. The molecule has 0 aliphatic carbocycles. The fraction of sp³-hybridized carbons (Fsp3) is 0.143. The van der Waals surface area contributed by atoms with E-state index in [1.807, 2.05) is 0 Å². The van der Waals surface area contributed by atoms with Crippen LogP contribution in [0, 0.1) is 0 Å². The number of esters is 1. The number of carbonyl (C=O) groups is 4. The second kappa shape index (κ2) is 9.23. The van der Waals surface area contributed by atoms with Crippen LogP contribution < -0.4 is 15.0 Å². The van der Waals surface area contributed by atoms with E-state index < -0.39 is 23.8 Å². The van der Waals surface area contributed by atoms with Gasteiger partial charge in [0.1, 0.15) is 11.3 Å². The molecule has 8 nitrogen and oxygen atoms in total. The monoisotopic (exact) mass is 428 g/mol. The van der Waals surface area contributed by atoms with Crippen molar-refractivity contribution < 1.29 is 28.7 Å². The number of barbiturate groups is 1. The second-order valence-electron chi connectivity index (χ2n) is 6.07. The van der Waals surface area contributed by atoms with E-state index >= 15 is 0 Å². The maximum absolute atomic E-state index is 12.9. The van der Waals surface area contributed by atoms with E-state index in [1.54, 1.807) is 31.2 Å². The van der Waals surface area contributed by atoms with Crippen molar-refractivity contribution in [1.29, 1.82) is 0 Å². The lowest BCUT2D eigenvalue weighted by Gasteiger charge is -2.26. The number of imide groups is 2. The van der Waals surface area contributed by atoms with Crippen LogP contribution >= 0.6 is 11.6 Å². The van der Waals surface area contributed by atoms with Crippen LogP contribution in [-0.2, 0) is 19.1 Å². The van der Waals surface area contributed by atoms with Gasteiger partial charge in [0.15, 0.2) is 6.61 Å². The Morgan fingerprint density at radius 1 is 1.10 bits per heavy atom. The Labute approximate surface area is 177 Å². The highest BCUT2D eigenvalue weighted by molar-refractivity contribution is 6.39. The molecule has 0 unspecified atom stereocenters. The Hall–Kier alpha value is -3.65. The Balaban J connectivity index is 1.91. The van der Waals surface area contributed by atoms with Crippen molar-refractivity contribution in [1.82, 2.24) is 5.32 Å². The third-order valence-corrected chi connectivity index (χ3v) is 4.31. The first-order chi connectivity index (χ1) is 14.4. The van der Waals surface area contributed by atoms with Crippen molar-refractivity contribution in [3.8, 4) is 5.75 Å². The van der Waals surface area contributed by atoms with Crippen LogP contribution in [0.15, 0.2) is 54.1 Å². The largest absolute Gasteiger partial charge is 0.481 e. The summed E-state index contributed by atoms with van der Waals surface area (Å²) >= 11 is 5.86. The van der Waals surface area contributed by atoms with Crippen LogP contribution in [0.2, 0.25) is 5.02 Å². The first-order valence-electron chi connectivity index (χ1n) is 8.95. The maximum atomic E-state index is 12.9. The highest BCUT2D eigenvalue weighted by Crippen LogP contribution is 2.26. The first-order valence-corrected chi connectivity index (χ1v) is 9.33. The zero-order valence-corrected chi connectivity index (χ0v) is 16.6. The van der Waals surface area contributed by atoms with Gasteiger partial charge in [0, 0.05) is 10.6 Å². The van der Waals surface area contributed by atoms with E-state index in [2.05, 4.69) is 5.32 Å². The van der Waals surface area contributed by atoms with Gasteiger partial charge in [-0.2, -0.15) is 0 Å². The molecule has 0 radical (unpaired) electrons. The van der Waals surface area contributed by atoms with E-state index in [4.69, 9.17) is 21.1 Å². The highest BCUT2D eigenvalue weighted by Gasteiger charge is 2.36. The van der Waals surface area contributed by atoms with Crippen LogP contribution in [0.25, 0.3) is 6.08 Å². The lowest BCUT2D eigenvalue weighted by molar-refractivity contribution is -0.145. The average Bonchev–Trinajstić information content (AvgIpc) is 2.72. The molecule has 1 N–H and O–H groups in total. The summed E-state index contributed by atoms with van der Waals surface area (Å²) in [5, 5.41) is 2.57. The molecule has 154 valence electrons. The zero-order valence-electron chi connectivity index (χ0n) is 15.9. The predicted molar refractivity (Wildman–Crippen MR) is 109 cm³/mol. The van der Waals surface area contributed by atoms with Gasteiger partial charge >= 0.3 is 12.0 Å². The zero-order chi connectivity index (χ0) is 21.7. The van der Waals surface area contributed by atoms with Crippen LogP contribution in [0.1, 0.15) is 12.5 Å². The van der Waals surface area contributed by atoms with E-state index in [0.29, 0.717) is 10.6 Å². The molecule has 1 fully saturated rings. The maximum Gasteiger partial charge on any atom is 0.344 e. The molecule has 4 amide bonds. The van der Waals surface area contributed by atoms with Crippen LogP contribution in [0.4, 0.5) is 10.5 Å². The number of nitrogens with zero attached hydrogens (tertiary/aromatic N) is 1. The molecule has 0 aromatic heterocycles. The number of ether oxygens (including phenoxy) is 2. The van der Waals surface area contributed by atoms with Crippen LogP contribution in [-0.4, -0.2) is 37.0 Å². The number of benzene rings is 2. The van der Waals surface area contributed by atoms with Crippen LogP contribution in [0.5, 0.6) is 5.75 Å². The summed E-state index contributed by atoms with van der Waals surface area (Å²) in [6.07, 6.45) is 1.30. The number of hydrogen-bond donors (Lipinski definition) is 1. The molecular formula is C21H17ClN2O6. The van der Waals surface area contributed by atoms with Crippen molar-refractivity contribution in [2.24, 2.45) is 0 Å². The Morgan fingerprint density at radius 3 is 2.50 bits per heavy atom. The number of amides is 4. The SMILES string of the molecule is CCOC(=O)COc1ccccc1/C=C1\C(=O)NC(=O)N(c2ccc(Cl)cc2)C1=O. The molecule has 2 aromatic rings. The summed E-state index contributed by atoms with van der Waals surface area (Å²) in [5.74, 6) is -1.92. The summed E-state index contributed by atoms with van der Waals surface area (Å²) in [6.45, 7) is 1.57. The number of nitrogens with one attached hydrogen (secondary N) is 1. The lowest BCUT2D eigenvalue weighted by Crippen LogP contribution is -2.54. The minimum atomic E-state index is -0.865. The summed E-state index contributed by atoms with van der Waals surface area (Å²) in [4.78, 5) is 49.9. The minimum absolute atomic E-state index is 0.219. The van der Waals surface area contributed by atoms with Crippen molar-refractivity contribution in [3.63, 3.8) is 0 Å². The predicted octanol–water partition coefficient (Wildman–Crippen LogP) is 2.95. The molecule has 0 saturated carbocycles. The van der Waals surface area contributed by atoms with Crippen molar-refractivity contribution in [2.45, 2.75) is 6.92 Å². The number of carbonyl (C=O) groups excluding carboxylic acids is 4. The van der Waals surface area contributed by atoms with Gasteiger partial charge in [-0.1, -0.05) is 29.8 Å². The lowest BCUT2D eigenvalue weighted by atomic mass is 10.1. The highest BCUT2D eigenvalue weighted by atomic mass is 35.5. The second-order valence-corrected chi connectivity index (χ2v) is 6.50. The summed E-state index contributed by atoms with van der Waals surface area (Å²) < 4.78 is 10.3. The van der Waals surface area contributed by atoms with Gasteiger partial charge in [-0.25, -0.2) is 14.5 Å². The first kappa shape index (κ1) is 21.1. The van der Waals surface area contributed by atoms with Crippen molar-refractivity contribution in [3.05, 3.63) is 64.7 Å². The van der Waals surface area contributed by atoms with Crippen LogP contribution in [0.3, 0.4) is 0 Å². The number of anilines is 1. The normalized spacial score (nSPS) is 15.2. The molecule has 1 heterocycles. The van der Waals surface area contributed by atoms with Gasteiger partial charge in [-0.15, -0.1) is 0 Å².